The maximum Gasteiger partial charge on any atom is 0.178 e. The Hall–Kier alpha value is -1.37. The van der Waals surface area contributed by atoms with Gasteiger partial charge in [0, 0.05) is 0 Å². The Balaban J connectivity index is 2.90. The van der Waals surface area contributed by atoms with Crippen molar-refractivity contribution in [2.24, 2.45) is 0 Å². The Morgan fingerprint density at radius 3 is 2.83 bits per heavy atom. The Kier molecular flexibility index (Phi) is 3.27. The molecular weight excluding hydrogens is 148 g/mol. The van der Waals surface area contributed by atoms with Crippen LogP contribution < -0.4 is 5.43 Å². The molecule has 12 heavy (non-hydrogen) atoms. The van der Waals surface area contributed by atoms with Crippen LogP contribution >= 0.6 is 0 Å². The largest absolute Gasteiger partial charge is 0.290 e. The molecule has 0 amide bonds. The molecule has 1 rings (SSSR count). The monoisotopic (exact) mass is 160 g/mol. The van der Waals surface area contributed by atoms with Crippen molar-refractivity contribution in [3.63, 3.8) is 0 Å². The first kappa shape index (κ1) is 8.72. The first-order valence-electron chi connectivity index (χ1n) is 4.03. The summed E-state index contributed by atoms with van der Waals surface area (Å²) in [4.78, 5) is 10.9. The predicted octanol–water partition coefficient (Wildman–Crippen LogP) is 2.17. The lowest BCUT2D eigenvalue weighted by Gasteiger charge is -1.87. The highest BCUT2D eigenvalue weighted by Gasteiger charge is 1.85. The Morgan fingerprint density at radius 1 is 1.25 bits per heavy atom. The van der Waals surface area contributed by atoms with Gasteiger partial charge in [0.2, 0.25) is 0 Å². The smallest absolute Gasteiger partial charge is 0.178 e. The van der Waals surface area contributed by atoms with Crippen LogP contribution in [0.5, 0.6) is 0 Å². The minimum Gasteiger partial charge on any atom is -0.290 e. The Labute approximate surface area is 72.4 Å². The van der Waals surface area contributed by atoms with Gasteiger partial charge in [-0.05, 0) is 31.0 Å². The average Bonchev–Trinajstić information content (AvgIpc) is 2.27. The molecule has 0 spiro atoms. The highest BCUT2D eigenvalue weighted by Crippen LogP contribution is 1.96. The van der Waals surface area contributed by atoms with E-state index in [9.17, 15) is 4.79 Å². The molecule has 1 aromatic rings. The third kappa shape index (κ3) is 2.70. The van der Waals surface area contributed by atoms with Crippen LogP contribution in [0.4, 0.5) is 0 Å². The molecule has 0 bridgehead atoms. The van der Waals surface area contributed by atoms with E-state index in [0.717, 1.165) is 12.0 Å². The zero-order valence-corrected chi connectivity index (χ0v) is 7.16. The zero-order chi connectivity index (χ0) is 8.81. The fourth-order valence-corrected chi connectivity index (χ4v) is 0.957. The zero-order valence-electron chi connectivity index (χ0n) is 7.16. The van der Waals surface area contributed by atoms with Gasteiger partial charge in [0.05, 0.1) is 0 Å². The molecule has 1 heteroatoms. The minimum atomic E-state index is 0.0572. The molecule has 0 N–H and O–H groups in total. The fraction of sp³-hybridized carbons (Fsp3) is 0.182. The van der Waals surface area contributed by atoms with Gasteiger partial charge in [0.15, 0.2) is 5.43 Å². The van der Waals surface area contributed by atoms with Gasteiger partial charge in [-0.15, -0.1) is 0 Å². The van der Waals surface area contributed by atoms with Crippen LogP contribution in [0.25, 0.3) is 0 Å². The summed E-state index contributed by atoms with van der Waals surface area (Å²) >= 11 is 0. The standard InChI is InChI=1S/C11H12O/c1-2-3-5-10-6-4-7-11(12)9-8-10/h2-4,6-9H,5H2,1H3/b3-2-. The van der Waals surface area contributed by atoms with Gasteiger partial charge in [-0.25, -0.2) is 0 Å². The molecule has 1 nitrogen and oxygen atoms in total. The van der Waals surface area contributed by atoms with Gasteiger partial charge in [0.1, 0.15) is 0 Å². The normalized spacial score (nSPS) is 10.4. The van der Waals surface area contributed by atoms with Crippen molar-refractivity contribution in [2.75, 3.05) is 0 Å². The van der Waals surface area contributed by atoms with Crippen LogP contribution in [-0.2, 0) is 6.42 Å². The summed E-state index contributed by atoms with van der Waals surface area (Å²) in [6.45, 7) is 1.99. The highest BCUT2D eigenvalue weighted by atomic mass is 16.1. The van der Waals surface area contributed by atoms with E-state index in [0.29, 0.717) is 0 Å². The lowest BCUT2D eigenvalue weighted by Crippen LogP contribution is -1.87. The van der Waals surface area contributed by atoms with Gasteiger partial charge >= 0.3 is 0 Å². The van der Waals surface area contributed by atoms with Crippen molar-refractivity contribution >= 4 is 0 Å². The van der Waals surface area contributed by atoms with E-state index < -0.39 is 0 Å². The summed E-state index contributed by atoms with van der Waals surface area (Å²) < 4.78 is 0. The summed E-state index contributed by atoms with van der Waals surface area (Å²) in [6.07, 6.45) is 4.97. The molecule has 0 atom stereocenters. The Bertz CT molecular complexity index is 326. The maximum atomic E-state index is 10.9. The third-order valence-corrected chi connectivity index (χ3v) is 1.62. The minimum absolute atomic E-state index is 0.0572. The number of rotatable bonds is 2. The Morgan fingerprint density at radius 2 is 2.08 bits per heavy atom. The summed E-state index contributed by atoms with van der Waals surface area (Å²) in [5.74, 6) is 0. The predicted molar refractivity (Wildman–Crippen MR) is 51.2 cm³/mol. The van der Waals surface area contributed by atoms with Crippen LogP contribution in [0, 0.1) is 0 Å². The summed E-state index contributed by atoms with van der Waals surface area (Å²) in [7, 11) is 0. The van der Waals surface area contributed by atoms with E-state index >= 15 is 0 Å². The molecule has 0 aliphatic rings. The average molecular weight is 160 g/mol. The number of allylic oxidation sites excluding steroid dienone is 2. The molecule has 0 radical (unpaired) electrons. The molecule has 1 aromatic carbocycles. The molecule has 62 valence electrons. The fourth-order valence-electron chi connectivity index (χ4n) is 0.957. The highest BCUT2D eigenvalue weighted by molar-refractivity contribution is 5.16. The van der Waals surface area contributed by atoms with E-state index in [1.54, 1.807) is 18.2 Å². The van der Waals surface area contributed by atoms with E-state index in [2.05, 4.69) is 6.08 Å². The topological polar surface area (TPSA) is 17.1 Å². The van der Waals surface area contributed by atoms with Crippen LogP contribution in [0.2, 0.25) is 0 Å². The molecule has 0 unspecified atom stereocenters. The first-order valence-corrected chi connectivity index (χ1v) is 4.03. The molecule has 0 fully saturated rings. The molecule has 0 aromatic heterocycles. The van der Waals surface area contributed by atoms with Crippen LogP contribution in [0.3, 0.4) is 0 Å². The van der Waals surface area contributed by atoms with Gasteiger partial charge in [-0.1, -0.05) is 30.4 Å². The van der Waals surface area contributed by atoms with Crippen molar-refractivity contribution in [1.82, 2.24) is 0 Å². The third-order valence-electron chi connectivity index (χ3n) is 1.62. The summed E-state index contributed by atoms with van der Waals surface area (Å²) in [5.41, 5.74) is 1.22. The van der Waals surface area contributed by atoms with Crippen molar-refractivity contribution in [1.29, 1.82) is 0 Å². The van der Waals surface area contributed by atoms with E-state index in [-0.39, 0.29) is 5.43 Å². The molecular formula is C11H12O. The second kappa shape index (κ2) is 4.50. The lowest BCUT2D eigenvalue weighted by molar-refractivity contribution is 1.27. The second-order valence-corrected chi connectivity index (χ2v) is 2.61. The van der Waals surface area contributed by atoms with Gasteiger partial charge < -0.3 is 0 Å². The van der Waals surface area contributed by atoms with E-state index in [1.165, 1.54) is 0 Å². The van der Waals surface area contributed by atoms with Crippen molar-refractivity contribution in [3.8, 4) is 0 Å². The van der Waals surface area contributed by atoms with Crippen molar-refractivity contribution < 1.29 is 0 Å². The van der Waals surface area contributed by atoms with E-state index in [1.807, 2.05) is 25.1 Å². The quantitative estimate of drug-likeness (QED) is 0.606. The molecule has 0 saturated carbocycles. The number of hydrogen-bond donors (Lipinski definition) is 0. The van der Waals surface area contributed by atoms with Crippen LogP contribution in [0.15, 0.2) is 47.3 Å². The lowest BCUT2D eigenvalue weighted by atomic mass is 10.2. The summed E-state index contributed by atoms with van der Waals surface area (Å²) in [6, 6.07) is 8.78. The molecule has 0 heterocycles. The van der Waals surface area contributed by atoms with E-state index in [4.69, 9.17) is 0 Å². The molecule has 0 aliphatic carbocycles. The summed E-state index contributed by atoms with van der Waals surface area (Å²) in [5, 5.41) is 0. The molecule has 0 saturated heterocycles. The van der Waals surface area contributed by atoms with Crippen molar-refractivity contribution in [2.45, 2.75) is 13.3 Å². The van der Waals surface area contributed by atoms with Crippen molar-refractivity contribution in [3.05, 3.63) is 58.3 Å². The molecule has 0 aliphatic heterocycles. The van der Waals surface area contributed by atoms with Gasteiger partial charge in [-0.2, -0.15) is 0 Å². The number of hydrogen-bond acceptors (Lipinski definition) is 1. The SMILES string of the molecule is C/C=C\Cc1cccc(=O)cc1. The first-order chi connectivity index (χ1) is 5.83. The van der Waals surface area contributed by atoms with Gasteiger partial charge in [0.25, 0.3) is 0 Å². The second-order valence-electron chi connectivity index (χ2n) is 2.61. The maximum absolute atomic E-state index is 10.9. The van der Waals surface area contributed by atoms with Crippen LogP contribution in [-0.4, -0.2) is 0 Å². The van der Waals surface area contributed by atoms with Gasteiger partial charge in [-0.3, -0.25) is 4.79 Å². The van der Waals surface area contributed by atoms with Crippen LogP contribution in [0.1, 0.15) is 12.5 Å².